The van der Waals surface area contributed by atoms with Crippen LogP contribution >= 0.6 is 0 Å². The number of nitrogens with one attached hydrogen (secondary N) is 2. The van der Waals surface area contributed by atoms with Crippen LogP contribution in [0, 0.1) is 0 Å². The predicted octanol–water partition coefficient (Wildman–Crippen LogP) is 4.10. The maximum absolute atomic E-state index is 4.10. The van der Waals surface area contributed by atoms with E-state index in [9.17, 15) is 0 Å². The second-order valence-corrected chi connectivity index (χ2v) is 5.11. The fourth-order valence-electron chi connectivity index (χ4n) is 2.52. The van der Waals surface area contributed by atoms with Crippen LogP contribution in [0.25, 0.3) is 21.8 Å². The number of benzene rings is 2. The highest BCUT2D eigenvalue weighted by atomic mass is 15.2. The predicted molar refractivity (Wildman–Crippen MR) is 91.8 cm³/mol. The van der Waals surface area contributed by atoms with Gasteiger partial charge in [-0.2, -0.15) is 10.2 Å². The maximum Gasteiger partial charge on any atom is 0.0731 e. The second-order valence-electron chi connectivity index (χ2n) is 5.11. The molecule has 2 aromatic carbocycles. The van der Waals surface area contributed by atoms with Crippen molar-refractivity contribution in [1.29, 1.82) is 0 Å². The molecule has 0 radical (unpaired) electrons. The molecule has 2 aromatic heterocycles. The average molecular weight is 286 g/mol. The van der Waals surface area contributed by atoms with Crippen LogP contribution in [0.5, 0.6) is 0 Å². The zero-order valence-corrected chi connectivity index (χ0v) is 11.8. The molecule has 0 saturated carbocycles. The number of hydrogen-bond acceptors (Lipinski definition) is 2. The van der Waals surface area contributed by atoms with E-state index < -0.39 is 0 Å². The van der Waals surface area contributed by atoms with E-state index in [-0.39, 0.29) is 0 Å². The van der Waals surface area contributed by atoms with Gasteiger partial charge in [0.25, 0.3) is 0 Å². The number of fused-ring (bicyclic) bond motifs is 2. The van der Waals surface area contributed by atoms with E-state index in [1.54, 1.807) is 12.4 Å². The molecule has 0 aliphatic carbocycles. The molecule has 0 atom stereocenters. The Kier molecular flexibility index (Phi) is 3.05. The number of aromatic amines is 2. The number of hydrogen-bond donors (Lipinski definition) is 2. The third-order valence-electron chi connectivity index (χ3n) is 3.56. The lowest BCUT2D eigenvalue weighted by molar-refractivity contribution is 1.25. The number of H-pyrrole nitrogens is 2. The molecule has 0 unspecified atom stereocenters. The van der Waals surface area contributed by atoms with Crippen LogP contribution in [-0.2, 0) is 0 Å². The van der Waals surface area contributed by atoms with Gasteiger partial charge in [0, 0.05) is 21.8 Å². The van der Waals surface area contributed by atoms with E-state index in [0.717, 1.165) is 22.4 Å². The van der Waals surface area contributed by atoms with Crippen molar-refractivity contribution >= 4 is 34.2 Å². The van der Waals surface area contributed by atoms with Crippen LogP contribution in [0.3, 0.4) is 0 Å². The lowest BCUT2D eigenvalue weighted by Gasteiger charge is -1.85. The summed E-state index contributed by atoms with van der Waals surface area (Å²) in [4.78, 5) is 6.57. The number of rotatable bonds is 3. The summed E-state index contributed by atoms with van der Waals surface area (Å²) in [5.41, 5.74) is 4.08. The molecule has 4 aromatic rings. The summed E-state index contributed by atoms with van der Waals surface area (Å²) in [6.07, 6.45) is 3.44. The summed E-state index contributed by atoms with van der Waals surface area (Å²) in [6, 6.07) is 20.4. The summed E-state index contributed by atoms with van der Waals surface area (Å²) in [5, 5.41) is 10.5. The Morgan fingerprint density at radius 1 is 0.636 bits per heavy atom. The lowest BCUT2D eigenvalue weighted by Crippen LogP contribution is -1.80. The van der Waals surface area contributed by atoms with Gasteiger partial charge >= 0.3 is 0 Å². The van der Waals surface area contributed by atoms with E-state index >= 15 is 0 Å². The van der Waals surface area contributed by atoms with Crippen LogP contribution in [0.1, 0.15) is 11.4 Å². The molecule has 2 heterocycles. The minimum Gasteiger partial charge on any atom is -0.354 e. The van der Waals surface area contributed by atoms with Gasteiger partial charge in [0.1, 0.15) is 0 Å². The Labute approximate surface area is 127 Å². The van der Waals surface area contributed by atoms with E-state index in [2.05, 4.69) is 44.4 Å². The van der Waals surface area contributed by atoms with Gasteiger partial charge in [-0.25, -0.2) is 0 Å². The average Bonchev–Trinajstić information content (AvgIpc) is 3.14. The van der Waals surface area contributed by atoms with Crippen molar-refractivity contribution in [3.05, 3.63) is 72.1 Å². The molecule has 4 heteroatoms. The van der Waals surface area contributed by atoms with E-state index in [1.807, 2.05) is 36.4 Å². The normalized spacial score (nSPS) is 12.2. The molecule has 0 aliphatic rings. The van der Waals surface area contributed by atoms with Crippen molar-refractivity contribution in [2.45, 2.75) is 0 Å². The van der Waals surface area contributed by atoms with Crippen LogP contribution < -0.4 is 0 Å². The highest BCUT2D eigenvalue weighted by Crippen LogP contribution is 2.14. The molecular weight excluding hydrogens is 272 g/mol. The Bertz CT molecular complexity index is 840. The minimum atomic E-state index is 0.940. The summed E-state index contributed by atoms with van der Waals surface area (Å²) in [6.45, 7) is 0. The van der Waals surface area contributed by atoms with Crippen molar-refractivity contribution in [3.63, 3.8) is 0 Å². The lowest BCUT2D eigenvalue weighted by atomic mass is 10.2. The van der Waals surface area contributed by atoms with Gasteiger partial charge in [-0.15, -0.1) is 0 Å². The van der Waals surface area contributed by atoms with Gasteiger partial charge in [0.15, 0.2) is 0 Å². The highest BCUT2D eigenvalue weighted by molar-refractivity contribution is 5.91. The van der Waals surface area contributed by atoms with Crippen molar-refractivity contribution in [1.82, 2.24) is 9.97 Å². The Hall–Kier alpha value is -3.14. The van der Waals surface area contributed by atoms with E-state index in [1.165, 1.54) is 10.8 Å². The van der Waals surface area contributed by atoms with Crippen LogP contribution in [0.15, 0.2) is 70.9 Å². The number of aromatic nitrogens is 2. The zero-order valence-electron chi connectivity index (χ0n) is 11.8. The third kappa shape index (κ3) is 2.42. The molecule has 0 fully saturated rings. The van der Waals surface area contributed by atoms with Gasteiger partial charge in [-0.05, 0) is 24.3 Å². The van der Waals surface area contributed by atoms with Gasteiger partial charge < -0.3 is 9.97 Å². The van der Waals surface area contributed by atoms with Gasteiger partial charge in [-0.3, -0.25) is 0 Å². The zero-order chi connectivity index (χ0) is 14.8. The third-order valence-corrected chi connectivity index (χ3v) is 3.56. The SMILES string of the molecule is C(=N\N=C\c1cc2ccccc2[nH]1)/c1cc2ccccc2[nH]1. The Balaban J connectivity index is 1.53. The Morgan fingerprint density at radius 2 is 1.09 bits per heavy atom. The molecular formula is C18H14N4. The fourth-order valence-corrected chi connectivity index (χ4v) is 2.52. The summed E-state index contributed by atoms with van der Waals surface area (Å²) in [7, 11) is 0. The fraction of sp³-hybridized carbons (Fsp3) is 0. The van der Waals surface area contributed by atoms with Crippen molar-refractivity contribution in [2.75, 3.05) is 0 Å². The Morgan fingerprint density at radius 3 is 1.55 bits per heavy atom. The molecule has 0 bridgehead atoms. The van der Waals surface area contributed by atoms with Gasteiger partial charge in [0.2, 0.25) is 0 Å². The largest absolute Gasteiger partial charge is 0.354 e. The van der Waals surface area contributed by atoms with Gasteiger partial charge in [-0.1, -0.05) is 36.4 Å². The molecule has 0 saturated heterocycles. The first-order valence-corrected chi connectivity index (χ1v) is 7.10. The quantitative estimate of drug-likeness (QED) is 0.421. The molecule has 0 amide bonds. The molecule has 106 valence electrons. The molecule has 2 N–H and O–H groups in total. The monoisotopic (exact) mass is 286 g/mol. The smallest absolute Gasteiger partial charge is 0.0731 e. The minimum absolute atomic E-state index is 0.940. The van der Waals surface area contributed by atoms with Crippen LogP contribution in [-0.4, -0.2) is 22.4 Å². The van der Waals surface area contributed by atoms with E-state index in [4.69, 9.17) is 0 Å². The molecule has 4 nitrogen and oxygen atoms in total. The van der Waals surface area contributed by atoms with E-state index in [0.29, 0.717) is 0 Å². The summed E-state index contributed by atoms with van der Waals surface area (Å²) < 4.78 is 0. The topological polar surface area (TPSA) is 56.3 Å². The van der Waals surface area contributed by atoms with Crippen molar-refractivity contribution in [2.24, 2.45) is 10.2 Å². The molecule has 0 spiro atoms. The van der Waals surface area contributed by atoms with Gasteiger partial charge in [0.05, 0.1) is 23.8 Å². The molecule has 22 heavy (non-hydrogen) atoms. The second kappa shape index (κ2) is 5.33. The summed E-state index contributed by atoms with van der Waals surface area (Å²) in [5.74, 6) is 0. The first kappa shape index (κ1) is 12.6. The molecule has 0 aliphatic heterocycles. The standard InChI is InChI=1S/C18H14N4/c1-3-7-17-13(5-1)9-15(21-17)11-19-20-12-16-10-14-6-2-4-8-18(14)22-16/h1-12,21-22H/b19-11+,20-12+. The van der Waals surface area contributed by atoms with Crippen molar-refractivity contribution < 1.29 is 0 Å². The van der Waals surface area contributed by atoms with Crippen LogP contribution in [0.4, 0.5) is 0 Å². The first-order chi connectivity index (χ1) is 10.9. The van der Waals surface area contributed by atoms with Crippen LogP contribution in [0.2, 0.25) is 0 Å². The maximum atomic E-state index is 4.10. The number of para-hydroxylation sites is 2. The summed E-state index contributed by atoms with van der Waals surface area (Å²) >= 11 is 0. The first-order valence-electron chi connectivity index (χ1n) is 7.10. The number of nitrogens with zero attached hydrogens (tertiary/aromatic N) is 2. The van der Waals surface area contributed by atoms with Crippen molar-refractivity contribution in [3.8, 4) is 0 Å². The highest BCUT2D eigenvalue weighted by Gasteiger charge is 1.97. The molecule has 4 rings (SSSR count).